The van der Waals surface area contributed by atoms with Crippen LogP contribution in [0.4, 0.5) is 0 Å². The molecule has 1 heterocycles. The molecule has 0 aromatic rings. The predicted octanol–water partition coefficient (Wildman–Crippen LogP) is 0.379. The Morgan fingerprint density at radius 3 is 1.71 bits per heavy atom. The molecule has 0 aromatic carbocycles. The van der Waals surface area contributed by atoms with E-state index in [2.05, 4.69) is 0 Å². The molecule has 1 aliphatic heterocycles. The van der Waals surface area contributed by atoms with Crippen molar-refractivity contribution in [1.29, 1.82) is 0 Å². The summed E-state index contributed by atoms with van der Waals surface area (Å²) in [6, 6.07) is 0. The first-order valence-corrected chi connectivity index (χ1v) is 2.18. The molecule has 36 valence electrons. The first-order chi connectivity index (χ1) is 3.10. The molecule has 0 amide bonds. The summed E-state index contributed by atoms with van der Waals surface area (Å²) in [5.74, 6) is 0. The lowest BCUT2D eigenvalue weighted by atomic mass is 9.85. The molecule has 0 spiro atoms. The molecule has 0 N–H and O–H groups in total. The van der Waals surface area contributed by atoms with Gasteiger partial charge in [0.2, 0.25) is 0 Å². The van der Waals surface area contributed by atoms with Crippen molar-refractivity contribution in [2.24, 2.45) is 5.41 Å². The Kier molecular flexibility index (Phi) is 0.890. The van der Waals surface area contributed by atoms with Gasteiger partial charge in [-0.2, -0.15) is 0 Å². The van der Waals surface area contributed by atoms with E-state index >= 15 is 0 Å². The second-order valence-electron chi connectivity index (χ2n) is 2.14. The topological polar surface area (TPSA) is 3.24 Å². The van der Waals surface area contributed by atoms with Crippen molar-refractivity contribution in [3.05, 3.63) is 20.9 Å². The van der Waals surface area contributed by atoms with E-state index in [1.807, 2.05) is 0 Å². The summed E-state index contributed by atoms with van der Waals surface area (Å²) < 4.78 is 0. The molecule has 7 heavy (non-hydrogen) atoms. The highest BCUT2D eigenvalue weighted by Gasteiger charge is 2.31. The van der Waals surface area contributed by atoms with Crippen LogP contribution in [-0.4, -0.2) is 18.0 Å². The number of rotatable bonds is 0. The van der Waals surface area contributed by atoms with Gasteiger partial charge in [0.25, 0.3) is 0 Å². The van der Waals surface area contributed by atoms with Crippen LogP contribution >= 0.6 is 0 Å². The van der Waals surface area contributed by atoms with Crippen molar-refractivity contribution in [3.8, 4) is 0 Å². The van der Waals surface area contributed by atoms with Crippen molar-refractivity contribution in [2.45, 2.75) is 0 Å². The van der Waals surface area contributed by atoms with E-state index in [0.717, 1.165) is 0 Å². The standard InChI is InChI=1S/C6H7N/c1-6(2)4-7(3)5-6/h1-3H,4-5H2. The summed E-state index contributed by atoms with van der Waals surface area (Å²) in [7, 11) is 5.23. The van der Waals surface area contributed by atoms with Crippen LogP contribution in [0.5, 0.6) is 0 Å². The van der Waals surface area contributed by atoms with E-state index in [1.54, 1.807) is 4.90 Å². The second-order valence-corrected chi connectivity index (χ2v) is 2.14. The normalized spacial score (nSPS) is 29.6. The Balaban J connectivity index is 2.29. The summed E-state index contributed by atoms with van der Waals surface area (Å²) in [5, 5.41) is 0. The Morgan fingerprint density at radius 2 is 1.71 bits per heavy atom. The SMILES string of the molecule is [CH]N1CC([CH])([CH])C1. The van der Waals surface area contributed by atoms with Crippen molar-refractivity contribution in [3.63, 3.8) is 0 Å². The maximum atomic E-state index is 5.37. The molecule has 0 unspecified atom stereocenters. The molecule has 0 atom stereocenters. The summed E-state index contributed by atoms with van der Waals surface area (Å²) in [4.78, 5) is 1.58. The fraction of sp³-hybridized carbons (Fsp3) is 0.500. The average Bonchev–Trinajstić information content (AvgIpc) is 1.27. The summed E-state index contributed by atoms with van der Waals surface area (Å²) in [5.41, 5.74) is -0.505. The van der Waals surface area contributed by atoms with Crippen molar-refractivity contribution in [2.75, 3.05) is 13.1 Å². The number of nitrogens with zero attached hydrogens (tertiary/aromatic N) is 1. The third-order valence-corrected chi connectivity index (χ3v) is 0.995. The number of hydrogen-bond donors (Lipinski definition) is 0. The summed E-state index contributed by atoms with van der Waals surface area (Å²) >= 11 is 0. The third-order valence-electron chi connectivity index (χ3n) is 0.995. The van der Waals surface area contributed by atoms with Gasteiger partial charge in [-0.05, 0) is 13.8 Å². The van der Waals surface area contributed by atoms with E-state index in [9.17, 15) is 0 Å². The largest absolute Gasteiger partial charge is 0.296 e. The van der Waals surface area contributed by atoms with E-state index in [1.165, 1.54) is 0 Å². The van der Waals surface area contributed by atoms with Crippen molar-refractivity contribution in [1.82, 2.24) is 4.90 Å². The van der Waals surface area contributed by atoms with Crippen LogP contribution < -0.4 is 0 Å². The van der Waals surface area contributed by atoms with Gasteiger partial charge in [0.05, 0.1) is 0 Å². The fourth-order valence-corrected chi connectivity index (χ4v) is 0.710. The lowest BCUT2D eigenvalue weighted by molar-refractivity contribution is 0.124. The Hall–Kier alpha value is -0.0400. The second kappa shape index (κ2) is 1.22. The highest BCUT2D eigenvalue weighted by molar-refractivity contribution is 4.98. The molecule has 1 heteroatoms. The molecular formula is C6H7N. The van der Waals surface area contributed by atoms with Gasteiger partial charge in [-0.3, -0.25) is 4.90 Å². The molecule has 0 saturated carbocycles. The quantitative estimate of drug-likeness (QED) is 0.418. The van der Waals surface area contributed by atoms with Gasteiger partial charge in [0.1, 0.15) is 0 Å². The molecular weight excluding hydrogens is 86.1 g/mol. The Morgan fingerprint density at radius 1 is 1.29 bits per heavy atom. The molecule has 0 aliphatic carbocycles. The molecule has 0 aromatic heterocycles. The van der Waals surface area contributed by atoms with Gasteiger partial charge in [0.15, 0.2) is 0 Å². The monoisotopic (exact) mass is 93.1 g/mol. The van der Waals surface area contributed by atoms with Gasteiger partial charge in [0, 0.05) is 25.6 Å². The van der Waals surface area contributed by atoms with E-state index < -0.39 is 5.41 Å². The number of likely N-dealkylation sites (tertiary alicyclic amines) is 1. The molecule has 0 bridgehead atoms. The van der Waals surface area contributed by atoms with Gasteiger partial charge in [-0.15, -0.1) is 0 Å². The van der Waals surface area contributed by atoms with Crippen molar-refractivity contribution >= 4 is 0 Å². The van der Waals surface area contributed by atoms with Crippen LogP contribution in [-0.2, 0) is 0 Å². The highest BCUT2D eigenvalue weighted by atomic mass is 15.2. The lowest BCUT2D eigenvalue weighted by Crippen LogP contribution is -2.49. The molecule has 6 radical (unpaired) electrons. The number of hydrogen-bond acceptors (Lipinski definition) is 1. The minimum absolute atomic E-state index is 0.505. The van der Waals surface area contributed by atoms with Crippen LogP contribution in [0.2, 0.25) is 0 Å². The zero-order chi connectivity index (χ0) is 5.49. The maximum Gasteiger partial charge on any atom is 0.0439 e. The first-order valence-electron chi connectivity index (χ1n) is 2.18. The third kappa shape index (κ3) is 0.942. The maximum absolute atomic E-state index is 5.37. The Bertz CT molecular complexity index is 68.2. The average molecular weight is 93.1 g/mol. The highest BCUT2D eigenvalue weighted by Crippen LogP contribution is 2.25. The van der Waals surface area contributed by atoms with E-state index in [-0.39, 0.29) is 0 Å². The minimum Gasteiger partial charge on any atom is -0.296 e. The molecule has 1 rings (SSSR count). The van der Waals surface area contributed by atoms with Gasteiger partial charge in [-0.1, -0.05) is 0 Å². The minimum atomic E-state index is -0.505. The molecule has 1 nitrogen and oxygen atoms in total. The van der Waals surface area contributed by atoms with E-state index in [4.69, 9.17) is 20.9 Å². The van der Waals surface area contributed by atoms with Gasteiger partial charge in [-0.25, -0.2) is 0 Å². The molecule has 1 aliphatic rings. The van der Waals surface area contributed by atoms with Gasteiger partial charge < -0.3 is 0 Å². The van der Waals surface area contributed by atoms with Crippen LogP contribution in [0.1, 0.15) is 0 Å². The molecule has 1 fully saturated rings. The predicted molar refractivity (Wildman–Crippen MR) is 26.9 cm³/mol. The smallest absolute Gasteiger partial charge is 0.0439 e. The van der Waals surface area contributed by atoms with Crippen LogP contribution in [0.3, 0.4) is 0 Å². The molecule has 1 saturated heterocycles. The van der Waals surface area contributed by atoms with Crippen LogP contribution in [0.15, 0.2) is 0 Å². The van der Waals surface area contributed by atoms with Gasteiger partial charge >= 0.3 is 0 Å². The zero-order valence-electron chi connectivity index (χ0n) is 4.09. The van der Waals surface area contributed by atoms with Crippen LogP contribution in [0.25, 0.3) is 0 Å². The Labute approximate surface area is 45.3 Å². The zero-order valence-corrected chi connectivity index (χ0v) is 4.09. The first kappa shape index (κ1) is 5.10. The summed E-state index contributed by atoms with van der Waals surface area (Å²) in [6.45, 7) is 11.9. The lowest BCUT2D eigenvalue weighted by Gasteiger charge is -2.42. The summed E-state index contributed by atoms with van der Waals surface area (Å²) in [6.07, 6.45) is 0. The van der Waals surface area contributed by atoms with Crippen LogP contribution in [0, 0.1) is 26.3 Å². The fourth-order valence-electron chi connectivity index (χ4n) is 0.710. The van der Waals surface area contributed by atoms with Crippen molar-refractivity contribution < 1.29 is 0 Å². The van der Waals surface area contributed by atoms with E-state index in [0.29, 0.717) is 13.1 Å².